The maximum Gasteiger partial charge on any atom is 0.412 e. The first-order valence-electron chi connectivity index (χ1n) is 10.1. The topological polar surface area (TPSA) is 94.9 Å². The number of ether oxygens (including phenoxy) is 1. The fourth-order valence-electron chi connectivity index (χ4n) is 3.30. The molecule has 0 bridgehead atoms. The lowest BCUT2D eigenvalue weighted by molar-refractivity contribution is 0.0379. The number of nitrogens with one attached hydrogen (secondary N) is 1. The molecule has 3 rings (SSSR count). The summed E-state index contributed by atoms with van der Waals surface area (Å²) in [7, 11) is 1.63. The largest absolute Gasteiger partial charge is 0.448 e. The van der Waals surface area contributed by atoms with E-state index < -0.39 is 36.5 Å². The highest BCUT2D eigenvalue weighted by molar-refractivity contribution is 5.89. The summed E-state index contributed by atoms with van der Waals surface area (Å²) in [5.41, 5.74) is 0.126. The molecule has 32 heavy (non-hydrogen) atoms. The number of anilines is 1. The van der Waals surface area contributed by atoms with Crippen LogP contribution in [-0.4, -0.2) is 58.6 Å². The summed E-state index contributed by atoms with van der Waals surface area (Å²) in [5, 5.41) is 23.4. The van der Waals surface area contributed by atoms with E-state index in [2.05, 4.69) is 10.3 Å². The maximum absolute atomic E-state index is 14.0. The van der Waals surface area contributed by atoms with Gasteiger partial charge >= 0.3 is 6.09 Å². The van der Waals surface area contributed by atoms with Crippen LogP contribution in [0.2, 0.25) is 0 Å². The molecule has 0 radical (unpaired) electrons. The fourth-order valence-corrected chi connectivity index (χ4v) is 3.30. The van der Waals surface area contributed by atoms with Crippen LogP contribution in [0.3, 0.4) is 0 Å². The van der Waals surface area contributed by atoms with Gasteiger partial charge in [-0.05, 0) is 31.0 Å². The van der Waals surface area contributed by atoms with Crippen LogP contribution in [0.15, 0.2) is 54.7 Å². The summed E-state index contributed by atoms with van der Waals surface area (Å²) in [6.45, 7) is -0.612. The third-order valence-electron chi connectivity index (χ3n) is 5.10. The number of hydrogen-bond acceptors (Lipinski definition) is 6. The number of aliphatic hydroxyl groups is 2. The molecule has 2 aromatic carbocycles. The van der Waals surface area contributed by atoms with Gasteiger partial charge in [0.1, 0.15) is 12.4 Å². The maximum atomic E-state index is 14.0. The van der Waals surface area contributed by atoms with Crippen LogP contribution < -0.4 is 5.32 Å². The SMILES string of the molecule is CN(Cc1cccc(F)c1F)[C@H](COC(=O)Nc1cc2ccccc2cn1)C[C@@H](O)CO. The quantitative estimate of drug-likeness (QED) is 0.468. The third-order valence-corrected chi connectivity index (χ3v) is 5.10. The highest BCUT2D eigenvalue weighted by Gasteiger charge is 2.22. The van der Waals surface area contributed by atoms with Crippen molar-refractivity contribution in [3.05, 3.63) is 71.9 Å². The second kappa shape index (κ2) is 10.9. The van der Waals surface area contributed by atoms with Crippen LogP contribution in [0.4, 0.5) is 19.4 Å². The minimum Gasteiger partial charge on any atom is -0.448 e. The van der Waals surface area contributed by atoms with Crippen LogP contribution >= 0.6 is 0 Å². The van der Waals surface area contributed by atoms with Gasteiger partial charge in [0.05, 0.1) is 12.7 Å². The fraction of sp³-hybridized carbons (Fsp3) is 0.304. The predicted octanol–water partition coefficient (Wildman–Crippen LogP) is 3.31. The zero-order chi connectivity index (χ0) is 23.1. The normalized spacial score (nSPS) is 13.2. The lowest BCUT2D eigenvalue weighted by atomic mass is 10.1. The van der Waals surface area contributed by atoms with Gasteiger partial charge in [-0.1, -0.05) is 36.4 Å². The molecule has 0 aliphatic rings. The van der Waals surface area contributed by atoms with Gasteiger partial charge in [-0.25, -0.2) is 18.6 Å². The highest BCUT2D eigenvalue weighted by atomic mass is 19.2. The Morgan fingerprint density at radius 1 is 1.19 bits per heavy atom. The molecule has 0 fully saturated rings. The van der Waals surface area contributed by atoms with Gasteiger partial charge in [-0.2, -0.15) is 0 Å². The minimum absolute atomic E-state index is 0.0175. The van der Waals surface area contributed by atoms with Crippen LogP contribution in [0.1, 0.15) is 12.0 Å². The predicted molar refractivity (Wildman–Crippen MR) is 116 cm³/mol. The van der Waals surface area contributed by atoms with Crippen molar-refractivity contribution in [1.82, 2.24) is 9.88 Å². The van der Waals surface area contributed by atoms with E-state index in [0.717, 1.165) is 16.8 Å². The number of carbonyl (C=O) groups is 1. The molecule has 1 amide bonds. The Morgan fingerprint density at radius 2 is 1.94 bits per heavy atom. The number of carbonyl (C=O) groups excluding carboxylic acids is 1. The molecule has 1 heterocycles. The van der Waals surface area contributed by atoms with Gasteiger partial charge in [-0.15, -0.1) is 0 Å². The summed E-state index contributed by atoms with van der Waals surface area (Å²) >= 11 is 0. The standard InChI is InChI=1S/C23H25F2N3O4/c1-28(12-17-7-4-8-20(24)22(17)25)18(10-19(30)13-29)14-32-23(31)27-21-9-15-5-2-3-6-16(15)11-26-21/h2-9,11,18-19,29-30H,10,12-14H2,1H3,(H,26,27,31)/t18-,19+/m0/s1. The average molecular weight is 445 g/mol. The van der Waals surface area contributed by atoms with E-state index in [1.807, 2.05) is 24.3 Å². The number of likely N-dealkylation sites (N-methyl/N-ethyl adjacent to an activating group) is 1. The van der Waals surface area contributed by atoms with Gasteiger partial charge in [0.25, 0.3) is 0 Å². The van der Waals surface area contributed by atoms with E-state index in [1.54, 1.807) is 24.2 Å². The van der Waals surface area contributed by atoms with Gasteiger partial charge in [0, 0.05) is 29.7 Å². The Kier molecular flexibility index (Phi) is 8.04. The molecule has 0 saturated carbocycles. The number of rotatable bonds is 9. The Bertz CT molecular complexity index is 1070. The molecule has 0 aliphatic carbocycles. The Labute approximate surface area is 184 Å². The molecule has 0 saturated heterocycles. The van der Waals surface area contributed by atoms with E-state index in [0.29, 0.717) is 5.82 Å². The van der Waals surface area contributed by atoms with E-state index in [9.17, 15) is 23.8 Å². The van der Waals surface area contributed by atoms with E-state index in [4.69, 9.17) is 4.74 Å². The van der Waals surface area contributed by atoms with Gasteiger partial charge in [-0.3, -0.25) is 10.2 Å². The second-order valence-electron chi connectivity index (χ2n) is 7.49. The van der Waals surface area contributed by atoms with Crippen LogP contribution in [0, 0.1) is 11.6 Å². The molecular formula is C23H25F2N3O4. The van der Waals surface area contributed by atoms with Crippen LogP contribution in [-0.2, 0) is 11.3 Å². The van der Waals surface area contributed by atoms with Crippen molar-refractivity contribution in [1.29, 1.82) is 0 Å². The molecule has 1 aromatic heterocycles. The lowest BCUT2D eigenvalue weighted by Gasteiger charge is -2.29. The lowest BCUT2D eigenvalue weighted by Crippen LogP contribution is -2.40. The van der Waals surface area contributed by atoms with Crippen molar-refractivity contribution in [2.24, 2.45) is 0 Å². The number of halogens is 2. The van der Waals surface area contributed by atoms with Crippen molar-refractivity contribution in [3.63, 3.8) is 0 Å². The van der Waals surface area contributed by atoms with Crippen molar-refractivity contribution in [2.45, 2.75) is 25.1 Å². The van der Waals surface area contributed by atoms with E-state index >= 15 is 0 Å². The Hall–Kier alpha value is -3.14. The monoisotopic (exact) mass is 445 g/mol. The van der Waals surface area contributed by atoms with Gasteiger partial charge in [0.2, 0.25) is 0 Å². The summed E-state index contributed by atoms with van der Waals surface area (Å²) in [4.78, 5) is 18.1. The molecule has 9 heteroatoms. The van der Waals surface area contributed by atoms with Crippen LogP contribution in [0.5, 0.6) is 0 Å². The van der Waals surface area contributed by atoms with E-state index in [1.165, 1.54) is 12.1 Å². The third kappa shape index (κ3) is 6.19. The molecular weight excluding hydrogens is 420 g/mol. The Morgan fingerprint density at radius 3 is 2.69 bits per heavy atom. The summed E-state index contributed by atoms with van der Waals surface area (Å²) in [6, 6.07) is 12.6. The first kappa shape index (κ1) is 23.5. The number of pyridine rings is 1. The highest BCUT2D eigenvalue weighted by Crippen LogP contribution is 2.18. The van der Waals surface area contributed by atoms with Crippen LogP contribution in [0.25, 0.3) is 10.8 Å². The Balaban J connectivity index is 1.63. The van der Waals surface area contributed by atoms with Crippen molar-refractivity contribution < 1.29 is 28.5 Å². The molecule has 3 aromatic rings. The van der Waals surface area contributed by atoms with Gasteiger partial charge < -0.3 is 14.9 Å². The summed E-state index contributed by atoms with van der Waals surface area (Å²) < 4.78 is 32.8. The first-order chi connectivity index (χ1) is 15.4. The molecule has 0 aliphatic heterocycles. The molecule has 170 valence electrons. The smallest absolute Gasteiger partial charge is 0.412 e. The zero-order valence-corrected chi connectivity index (χ0v) is 17.5. The number of aromatic nitrogens is 1. The number of aliphatic hydroxyl groups excluding tert-OH is 2. The number of hydrogen-bond donors (Lipinski definition) is 3. The second-order valence-corrected chi connectivity index (χ2v) is 7.49. The molecule has 2 atom stereocenters. The summed E-state index contributed by atoms with van der Waals surface area (Å²) in [5.74, 6) is -1.60. The first-order valence-corrected chi connectivity index (χ1v) is 10.1. The molecule has 0 spiro atoms. The summed E-state index contributed by atoms with van der Waals surface area (Å²) in [6.07, 6.45) is -0.117. The average Bonchev–Trinajstić information content (AvgIpc) is 2.79. The number of fused-ring (bicyclic) bond motifs is 1. The van der Waals surface area contributed by atoms with Crippen molar-refractivity contribution in [2.75, 3.05) is 25.6 Å². The van der Waals surface area contributed by atoms with Crippen molar-refractivity contribution in [3.8, 4) is 0 Å². The van der Waals surface area contributed by atoms with Crippen molar-refractivity contribution >= 4 is 22.7 Å². The number of benzene rings is 2. The molecule has 7 nitrogen and oxygen atoms in total. The van der Waals surface area contributed by atoms with Gasteiger partial charge in [0.15, 0.2) is 11.6 Å². The molecule has 3 N–H and O–H groups in total. The number of amides is 1. The molecule has 0 unspecified atom stereocenters. The number of nitrogens with zero attached hydrogens (tertiary/aromatic N) is 2. The van der Waals surface area contributed by atoms with E-state index in [-0.39, 0.29) is 25.1 Å². The zero-order valence-electron chi connectivity index (χ0n) is 17.5. The minimum atomic E-state index is -1.06.